The number of halogens is 1. The van der Waals surface area contributed by atoms with Crippen LogP contribution in [0.15, 0.2) is 12.1 Å². The van der Waals surface area contributed by atoms with Crippen molar-refractivity contribution in [1.82, 2.24) is 4.98 Å². The van der Waals surface area contributed by atoms with Crippen LogP contribution in [0, 0.1) is 0 Å². The Morgan fingerprint density at radius 2 is 2.33 bits per heavy atom. The lowest BCUT2D eigenvalue weighted by atomic mass is 10.2. The molecule has 0 spiro atoms. The molecule has 64 valence electrons. The summed E-state index contributed by atoms with van der Waals surface area (Å²) < 4.78 is 0. The number of hydrogen-bond donors (Lipinski definition) is 1. The number of carbonyl (C=O) groups excluding carboxylic acids is 1. The van der Waals surface area contributed by atoms with Crippen molar-refractivity contribution in [1.29, 1.82) is 0 Å². The lowest BCUT2D eigenvalue weighted by Gasteiger charge is -1.99. The number of pyridine rings is 1. The number of amides is 1. The summed E-state index contributed by atoms with van der Waals surface area (Å²) in [6, 6.07) is 3.11. The molecule has 0 atom stereocenters. The standard InChI is InChI=1S/C8H9ClN2O/c1-2-6-3-5(8(10)12)4-7(9)11-6/h3-4H,2H2,1H3,(H2,10,12). The first kappa shape index (κ1) is 9.00. The molecule has 0 fully saturated rings. The first-order valence-corrected chi connectivity index (χ1v) is 3.97. The molecule has 0 aliphatic heterocycles. The Balaban J connectivity index is 3.15. The van der Waals surface area contributed by atoms with Gasteiger partial charge in [0.05, 0.1) is 0 Å². The third kappa shape index (κ3) is 1.95. The van der Waals surface area contributed by atoms with Gasteiger partial charge >= 0.3 is 0 Å². The molecule has 1 amide bonds. The second kappa shape index (κ2) is 3.54. The van der Waals surface area contributed by atoms with Crippen molar-refractivity contribution in [2.75, 3.05) is 0 Å². The predicted octanol–water partition coefficient (Wildman–Crippen LogP) is 1.40. The summed E-state index contributed by atoms with van der Waals surface area (Å²) in [6.45, 7) is 1.93. The average Bonchev–Trinajstić information content (AvgIpc) is 2.03. The summed E-state index contributed by atoms with van der Waals surface area (Å²) in [7, 11) is 0. The molecule has 0 unspecified atom stereocenters. The van der Waals surface area contributed by atoms with Gasteiger partial charge in [0, 0.05) is 11.3 Å². The van der Waals surface area contributed by atoms with E-state index >= 15 is 0 Å². The van der Waals surface area contributed by atoms with Crippen molar-refractivity contribution in [3.63, 3.8) is 0 Å². The fourth-order valence-corrected chi connectivity index (χ4v) is 1.10. The third-order valence-electron chi connectivity index (χ3n) is 1.49. The maximum absolute atomic E-state index is 10.8. The Morgan fingerprint density at radius 3 is 2.83 bits per heavy atom. The van der Waals surface area contributed by atoms with Crippen molar-refractivity contribution < 1.29 is 4.79 Å². The average molecular weight is 185 g/mol. The Kier molecular flexibility index (Phi) is 2.65. The van der Waals surface area contributed by atoms with Gasteiger partial charge in [0.1, 0.15) is 5.15 Å². The van der Waals surface area contributed by atoms with Gasteiger partial charge in [-0.05, 0) is 18.6 Å². The predicted molar refractivity (Wildman–Crippen MR) is 47.1 cm³/mol. The maximum atomic E-state index is 10.8. The Morgan fingerprint density at radius 1 is 1.67 bits per heavy atom. The van der Waals surface area contributed by atoms with E-state index in [1.807, 2.05) is 6.92 Å². The summed E-state index contributed by atoms with van der Waals surface area (Å²) in [5.74, 6) is -0.478. The number of nitrogens with zero attached hydrogens (tertiary/aromatic N) is 1. The Labute approximate surface area is 75.6 Å². The third-order valence-corrected chi connectivity index (χ3v) is 1.69. The molecule has 1 rings (SSSR count). The van der Waals surface area contributed by atoms with Crippen molar-refractivity contribution in [3.05, 3.63) is 28.5 Å². The number of carbonyl (C=O) groups is 1. The molecule has 2 N–H and O–H groups in total. The van der Waals surface area contributed by atoms with Crippen LogP contribution in [0.1, 0.15) is 23.0 Å². The van der Waals surface area contributed by atoms with Gasteiger partial charge in [-0.1, -0.05) is 18.5 Å². The Bertz CT molecular complexity index is 312. The molecule has 0 saturated heterocycles. The second-order valence-corrected chi connectivity index (χ2v) is 2.77. The van der Waals surface area contributed by atoms with Crippen LogP contribution in [-0.2, 0) is 6.42 Å². The van der Waals surface area contributed by atoms with Gasteiger partial charge in [-0.3, -0.25) is 4.79 Å². The highest BCUT2D eigenvalue weighted by molar-refractivity contribution is 6.29. The maximum Gasteiger partial charge on any atom is 0.248 e. The fourth-order valence-electron chi connectivity index (χ4n) is 0.875. The van der Waals surface area contributed by atoms with Crippen molar-refractivity contribution >= 4 is 17.5 Å². The summed E-state index contributed by atoms with van der Waals surface area (Å²) in [5.41, 5.74) is 6.26. The molecule has 0 aliphatic rings. The van der Waals surface area contributed by atoms with Gasteiger partial charge in [0.2, 0.25) is 5.91 Å². The number of primary amides is 1. The molecule has 1 aromatic heterocycles. The minimum absolute atomic E-state index is 0.308. The zero-order valence-electron chi connectivity index (χ0n) is 6.67. The molecule has 0 aliphatic carbocycles. The van der Waals surface area contributed by atoms with Gasteiger partial charge in [-0.2, -0.15) is 0 Å². The highest BCUT2D eigenvalue weighted by atomic mass is 35.5. The van der Waals surface area contributed by atoms with Gasteiger partial charge < -0.3 is 5.73 Å². The first-order valence-electron chi connectivity index (χ1n) is 3.59. The van der Waals surface area contributed by atoms with Gasteiger partial charge in [0.15, 0.2) is 0 Å². The second-order valence-electron chi connectivity index (χ2n) is 2.39. The molecule has 12 heavy (non-hydrogen) atoms. The monoisotopic (exact) mass is 184 g/mol. The molecule has 0 aromatic carbocycles. The van der Waals surface area contributed by atoms with E-state index in [0.29, 0.717) is 10.7 Å². The van der Waals surface area contributed by atoms with Gasteiger partial charge in [-0.15, -0.1) is 0 Å². The zero-order chi connectivity index (χ0) is 9.14. The van der Waals surface area contributed by atoms with E-state index < -0.39 is 5.91 Å². The quantitative estimate of drug-likeness (QED) is 0.707. The first-order chi connectivity index (χ1) is 5.63. The Hall–Kier alpha value is -1.09. The molecule has 4 heteroatoms. The smallest absolute Gasteiger partial charge is 0.248 e. The van der Waals surface area contributed by atoms with E-state index in [9.17, 15) is 4.79 Å². The molecule has 0 radical (unpaired) electrons. The number of rotatable bonds is 2. The highest BCUT2D eigenvalue weighted by Gasteiger charge is 2.03. The number of aryl methyl sites for hydroxylation is 1. The van der Waals surface area contributed by atoms with E-state index in [1.165, 1.54) is 6.07 Å². The SMILES string of the molecule is CCc1cc(C(N)=O)cc(Cl)n1. The van der Waals surface area contributed by atoms with E-state index in [2.05, 4.69) is 4.98 Å². The molecule has 1 aromatic rings. The molecular formula is C8H9ClN2O. The summed E-state index contributed by atoms with van der Waals surface area (Å²) in [5, 5.41) is 0.308. The fraction of sp³-hybridized carbons (Fsp3) is 0.250. The lowest BCUT2D eigenvalue weighted by molar-refractivity contribution is 0.1000. The normalized spacial score (nSPS) is 9.83. The largest absolute Gasteiger partial charge is 0.366 e. The van der Waals surface area contributed by atoms with Crippen molar-refractivity contribution in [2.24, 2.45) is 5.73 Å². The van der Waals surface area contributed by atoms with Crippen LogP contribution in [0.25, 0.3) is 0 Å². The van der Waals surface area contributed by atoms with Crippen LogP contribution >= 0.6 is 11.6 Å². The topological polar surface area (TPSA) is 56.0 Å². The van der Waals surface area contributed by atoms with Gasteiger partial charge in [0.25, 0.3) is 0 Å². The van der Waals surface area contributed by atoms with E-state index in [0.717, 1.165) is 12.1 Å². The molecule has 0 saturated carbocycles. The van der Waals surface area contributed by atoms with E-state index in [4.69, 9.17) is 17.3 Å². The highest BCUT2D eigenvalue weighted by Crippen LogP contribution is 2.10. The van der Waals surface area contributed by atoms with Crippen molar-refractivity contribution in [2.45, 2.75) is 13.3 Å². The van der Waals surface area contributed by atoms with Crippen LogP contribution < -0.4 is 5.73 Å². The summed E-state index contributed by atoms with van der Waals surface area (Å²) >= 11 is 5.65. The van der Waals surface area contributed by atoms with Crippen LogP contribution in [0.5, 0.6) is 0 Å². The molecule has 3 nitrogen and oxygen atoms in total. The molecule has 0 bridgehead atoms. The van der Waals surface area contributed by atoms with Gasteiger partial charge in [-0.25, -0.2) is 4.98 Å². The molecular weight excluding hydrogens is 176 g/mol. The van der Waals surface area contributed by atoms with Crippen LogP contribution in [0.4, 0.5) is 0 Å². The van der Waals surface area contributed by atoms with Crippen molar-refractivity contribution in [3.8, 4) is 0 Å². The minimum Gasteiger partial charge on any atom is -0.366 e. The summed E-state index contributed by atoms with van der Waals surface area (Å²) in [4.78, 5) is 14.7. The number of nitrogens with two attached hydrogens (primary N) is 1. The van der Waals surface area contributed by atoms with Crippen LogP contribution in [-0.4, -0.2) is 10.9 Å². The number of aromatic nitrogens is 1. The van der Waals surface area contributed by atoms with Crippen LogP contribution in [0.2, 0.25) is 5.15 Å². The minimum atomic E-state index is -0.478. The van der Waals surface area contributed by atoms with E-state index in [1.54, 1.807) is 6.07 Å². The van der Waals surface area contributed by atoms with Crippen LogP contribution in [0.3, 0.4) is 0 Å². The zero-order valence-corrected chi connectivity index (χ0v) is 7.43. The summed E-state index contributed by atoms with van der Waals surface area (Å²) in [6.07, 6.45) is 0.737. The molecule has 1 heterocycles. The number of hydrogen-bond acceptors (Lipinski definition) is 2. The van der Waals surface area contributed by atoms with E-state index in [-0.39, 0.29) is 0 Å². The lowest BCUT2D eigenvalue weighted by Crippen LogP contribution is -2.11.